The van der Waals surface area contributed by atoms with Crippen LogP contribution in [0.2, 0.25) is 0 Å². The van der Waals surface area contributed by atoms with E-state index < -0.39 is 11.7 Å². The molecule has 2 amide bonds. The number of fused-ring (bicyclic) bond motifs is 1. The lowest BCUT2D eigenvalue weighted by molar-refractivity contribution is 0.0240. The Labute approximate surface area is 301 Å². The second-order valence-electron chi connectivity index (χ2n) is 13.2. The number of rotatable bonds is 10. The minimum atomic E-state index is -0.594. The van der Waals surface area contributed by atoms with E-state index in [1.807, 2.05) is 87.2 Å². The van der Waals surface area contributed by atoms with Crippen molar-refractivity contribution in [3.63, 3.8) is 0 Å². The van der Waals surface area contributed by atoms with Gasteiger partial charge in [-0.05, 0) is 66.4 Å². The van der Waals surface area contributed by atoms with Gasteiger partial charge in [-0.1, -0.05) is 49.4 Å². The number of methoxy groups -OCH3 is 1. The molecular weight excluding hydrogens is 704 g/mol. The van der Waals surface area contributed by atoms with Crippen molar-refractivity contribution in [2.75, 3.05) is 51.8 Å². The van der Waals surface area contributed by atoms with Gasteiger partial charge in [0, 0.05) is 58.4 Å². The molecule has 1 fully saturated rings. The summed E-state index contributed by atoms with van der Waals surface area (Å²) < 4.78 is 19.0. The van der Waals surface area contributed by atoms with Crippen molar-refractivity contribution >= 4 is 45.0 Å². The molecule has 0 bridgehead atoms. The van der Waals surface area contributed by atoms with E-state index in [-0.39, 0.29) is 23.6 Å². The molecular formula is C37H45BrN6O6. The molecule has 0 unspecified atom stereocenters. The molecule has 2 aromatic heterocycles. The Bertz CT molecular complexity index is 1870. The fourth-order valence-electron chi connectivity index (χ4n) is 5.84. The van der Waals surface area contributed by atoms with Crippen molar-refractivity contribution < 1.29 is 23.8 Å². The first kappa shape index (κ1) is 36.6. The number of hydrogen-bond acceptors (Lipinski definition) is 9. The second-order valence-corrected chi connectivity index (χ2v) is 14.0. The van der Waals surface area contributed by atoms with E-state index in [9.17, 15) is 14.4 Å². The number of nitrogens with zero attached hydrogens (tertiary/aromatic N) is 6. The summed E-state index contributed by atoms with van der Waals surface area (Å²) in [6.07, 6.45) is 0.138. The fourth-order valence-corrected chi connectivity index (χ4v) is 6.30. The highest BCUT2D eigenvalue weighted by atomic mass is 79.9. The summed E-state index contributed by atoms with van der Waals surface area (Å²) in [5.74, 6) is 0.746. The topological polar surface area (TPSA) is 119 Å². The number of hydrogen-bond donors (Lipinski definition) is 0. The molecule has 0 spiro atoms. The van der Waals surface area contributed by atoms with E-state index in [0.29, 0.717) is 73.7 Å². The number of benzene rings is 2. The van der Waals surface area contributed by atoms with Gasteiger partial charge in [0.15, 0.2) is 11.2 Å². The van der Waals surface area contributed by atoms with Crippen molar-refractivity contribution in [1.82, 2.24) is 24.3 Å². The number of aromatic nitrogens is 3. The van der Waals surface area contributed by atoms with Gasteiger partial charge in [0.05, 0.1) is 12.8 Å². The first-order chi connectivity index (χ1) is 23.9. The number of halogens is 1. The van der Waals surface area contributed by atoms with Gasteiger partial charge in [0.25, 0.3) is 0 Å². The largest absolute Gasteiger partial charge is 0.497 e. The number of likely N-dealkylation sites (N-methyl/N-ethyl adjacent to an activating group) is 1. The number of ether oxygens (including phenoxy) is 3. The van der Waals surface area contributed by atoms with Gasteiger partial charge in [-0.25, -0.2) is 19.6 Å². The maximum Gasteiger partial charge on any atom is 0.410 e. The molecule has 0 aliphatic carbocycles. The maximum absolute atomic E-state index is 14.3. The lowest BCUT2D eigenvalue weighted by atomic mass is 10.1. The number of anilines is 1. The van der Waals surface area contributed by atoms with Gasteiger partial charge in [-0.2, -0.15) is 0 Å². The molecule has 0 radical (unpaired) electrons. The zero-order chi connectivity index (χ0) is 36.0. The third-order valence-electron chi connectivity index (χ3n) is 8.47. The van der Waals surface area contributed by atoms with Crippen molar-refractivity contribution in [3.05, 3.63) is 91.9 Å². The number of piperazine rings is 1. The number of carbonyl (C=O) groups excluding carboxylic acids is 2. The Balaban J connectivity index is 1.46. The fraction of sp³-hybridized carbons (Fsp3) is 0.432. The average molecular weight is 750 g/mol. The summed E-state index contributed by atoms with van der Waals surface area (Å²) in [6, 6.07) is 17.3. The first-order valence-electron chi connectivity index (χ1n) is 16.8. The molecule has 1 saturated heterocycles. The molecule has 50 heavy (non-hydrogen) atoms. The molecule has 3 heterocycles. The zero-order valence-electron chi connectivity index (χ0n) is 29.6. The van der Waals surface area contributed by atoms with E-state index in [2.05, 4.69) is 20.5 Å². The number of amides is 2. The molecule has 2 aromatic carbocycles. The Hall–Kier alpha value is -4.65. The highest BCUT2D eigenvalue weighted by molar-refractivity contribution is 9.10. The lowest BCUT2D eigenvalue weighted by Crippen LogP contribution is -2.51. The van der Waals surface area contributed by atoms with Gasteiger partial charge >= 0.3 is 12.2 Å². The Morgan fingerprint density at radius 2 is 1.64 bits per heavy atom. The van der Waals surface area contributed by atoms with E-state index in [4.69, 9.17) is 24.2 Å². The van der Waals surface area contributed by atoms with Gasteiger partial charge in [0.2, 0.25) is 5.43 Å². The third-order valence-corrected chi connectivity index (χ3v) is 9.10. The summed E-state index contributed by atoms with van der Waals surface area (Å²) in [4.78, 5) is 54.9. The van der Waals surface area contributed by atoms with Crippen LogP contribution in [-0.2, 0) is 35.5 Å². The van der Waals surface area contributed by atoms with Crippen LogP contribution in [0.15, 0.2) is 64.0 Å². The van der Waals surface area contributed by atoms with Crippen LogP contribution in [0.1, 0.15) is 50.2 Å². The highest BCUT2D eigenvalue weighted by Crippen LogP contribution is 2.27. The van der Waals surface area contributed by atoms with Crippen molar-refractivity contribution in [2.45, 2.75) is 59.3 Å². The molecule has 0 N–H and O–H groups in total. The molecule has 12 nitrogen and oxygen atoms in total. The third kappa shape index (κ3) is 8.73. The Morgan fingerprint density at radius 1 is 0.960 bits per heavy atom. The standard InChI is InChI=1S/C37H45BrN6O6/c1-7-29-31(42-19-21-43(22-20-42)36(47)50-37(2,3)4)32(45)30-34(44(29)23-25-13-15-27(48-6)16-14-25)39-28(33(38)40-30)17-18-41(5)35(46)49-24-26-11-9-8-10-12-26/h8-16H,7,17-24H2,1-6H3. The van der Waals surface area contributed by atoms with Gasteiger partial charge in [0.1, 0.15) is 28.2 Å². The van der Waals surface area contributed by atoms with E-state index in [0.717, 1.165) is 22.6 Å². The molecule has 13 heteroatoms. The van der Waals surface area contributed by atoms with Crippen LogP contribution in [0, 0.1) is 0 Å². The van der Waals surface area contributed by atoms with Crippen LogP contribution in [0.3, 0.4) is 0 Å². The van der Waals surface area contributed by atoms with Crippen LogP contribution < -0.4 is 15.1 Å². The van der Waals surface area contributed by atoms with E-state index in [1.54, 1.807) is 19.1 Å². The summed E-state index contributed by atoms with van der Waals surface area (Å²) in [5.41, 5.74) is 3.81. The van der Waals surface area contributed by atoms with Crippen LogP contribution in [-0.4, -0.2) is 89.0 Å². The molecule has 1 aliphatic rings. The van der Waals surface area contributed by atoms with Crippen molar-refractivity contribution in [2.24, 2.45) is 0 Å². The SMILES string of the molecule is CCc1c(N2CCN(C(=O)OC(C)(C)C)CC2)c(=O)c2nc(Br)c(CCN(C)C(=O)OCc3ccccc3)nc2n1Cc1ccc(OC)cc1. The summed E-state index contributed by atoms with van der Waals surface area (Å²) in [7, 11) is 3.31. The number of carbonyl (C=O) groups is 2. The predicted octanol–water partition coefficient (Wildman–Crippen LogP) is 6.04. The summed E-state index contributed by atoms with van der Waals surface area (Å²) in [5, 5.41) is 0. The molecule has 0 atom stereocenters. The number of pyridine rings is 1. The molecule has 266 valence electrons. The van der Waals surface area contributed by atoms with Crippen LogP contribution in [0.5, 0.6) is 5.75 Å². The summed E-state index contributed by atoms with van der Waals surface area (Å²) in [6.45, 7) is 10.3. The predicted molar refractivity (Wildman–Crippen MR) is 196 cm³/mol. The lowest BCUT2D eigenvalue weighted by Gasteiger charge is -2.37. The molecule has 1 aliphatic heterocycles. The maximum atomic E-state index is 14.3. The van der Waals surface area contributed by atoms with Crippen LogP contribution in [0.4, 0.5) is 15.3 Å². The van der Waals surface area contributed by atoms with E-state index in [1.165, 1.54) is 4.90 Å². The van der Waals surface area contributed by atoms with Crippen LogP contribution in [0.25, 0.3) is 11.2 Å². The van der Waals surface area contributed by atoms with Gasteiger partial charge in [-0.15, -0.1) is 0 Å². The zero-order valence-corrected chi connectivity index (χ0v) is 31.2. The Morgan fingerprint density at radius 3 is 2.26 bits per heavy atom. The highest BCUT2D eigenvalue weighted by Gasteiger charge is 2.30. The minimum Gasteiger partial charge on any atom is -0.497 e. The Kier molecular flexibility index (Phi) is 11.7. The first-order valence-corrected chi connectivity index (χ1v) is 17.6. The van der Waals surface area contributed by atoms with Crippen molar-refractivity contribution in [3.8, 4) is 5.75 Å². The molecule has 5 rings (SSSR count). The molecule has 4 aromatic rings. The smallest absolute Gasteiger partial charge is 0.410 e. The normalized spacial score (nSPS) is 13.3. The van der Waals surface area contributed by atoms with Gasteiger partial charge in [-0.3, -0.25) is 4.79 Å². The quantitative estimate of drug-likeness (QED) is 0.191. The van der Waals surface area contributed by atoms with E-state index >= 15 is 0 Å². The van der Waals surface area contributed by atoms with Crippen molar-refractivity contribution in [1.29, 1.82) is 0 Å². The average Bonchev–Trinajstić information content (AvgIpc) is 3.10. The van der Waals surface area contributed by atoms with Crippen LogP contribution >= 0.6 is 15.9 Å². The monoisotopic (exact) mass is 748 g/mol. The second kappa shape index (κ2) is 15.9. The minimum absolute atomic E-state index is 0.180. The summed E-state index contributed by atoms with van der Waals surface area (Å²) >= 11 is 3.57. The van der Waals surface area contributed by atoms with Gasteiger partial charge < -0.3 is 33.5 Å². The molecule has 0 saturated carbocycles.